The van der Waals surface area contributed by atoms with Gasteiger partial charge in [0.15, 0.2) is 18.2 Å². The van der Waals surface area contributed by atoms with E-state index in [0.29, 0.717) is 10.7 Å². The second kappa shape index (κ2) is 9.67. The summed E-state index contributed by atoms with van der Waals surface area (Å²) in [5.41, 5.74) is 0.499. The lowest BCUT2D eigenvalue weighted by atomic mass is 10.3. The van der Waals surface area contributed by atoms with E-state index in [4.69, 9.17) is 21.1 Å². The van der Waals surface area contributed by atoms with Gasteiger partial charge in [0, 0.05) is 16.4 Å². The molecule has 1 amide bonds. The molecule has 0 saturated heterocycles. The monoisotopic (exact) mass is 464 g/mol. The number of nitrogens with one attached hydrogen (secondary N) is 2. The van der Waals surface area contributed by atoms with Crippen LogP contribution in [0.25, 0.3) is 0 Å². The van der Waals surface area contributed by atoms with Crippen molar-refractivity contribution < 1.29 is 27.1 Å². The number of sulfonamides is 1. The lowest BCUT2D eigenvalue weighted by Crippen LogP contribution is -2.21. The van der Waals surface area contributed by atoms with Gasteiger partial charge in [0.2, 0.25) is 0 Å². The SMILES string of the molecule is COc1ccc(NC(=O)COc2ccccc2F)cc1S(=O)(=O)Nc1ccc(Cl)cc1. The van der Waals surface area contributed by atoms with Crippen LogP contribution in [-0.2, 0) is 14.8 Å². The van der Waals surface area contributed by atoms with E-state index in [1.54, 1.807) is 18.2 Å². The Morgan fingerprint density at radius 2 is 1.68 bits per heavy atom. The Kier molecular flexibility index (Phi) is 6.98. The van der Waals surface area contributed by atoms with E-state index < -0.39 is 28.4 Å². The largest absolute Gasteiger partial charge is 0.495 e. The summed E-state index contributed by atoms with van der Waals surface area (Å²) in [5, 5.41) is 2.98. The zero-order valence-corrected chi connectivity index (χ0v) is 17.8. The molecule has 0 atom stereocenters. The fourth-order valence-electron chi connectivity index (χ4n) is 2.59. The third-order valence-corrected chi connectivity index (χ3v) is 5.68. The minimum atomic E-state index is -4.04. The standard InChI is InChI=1S/C21H18ClFN2O5S/c1-29-19-11-10-16(24-21(26)13-30-18-5-3-2-4-17(18)23)12-20(19)31(27,28)25-15-8-6-14(22)7-9-15/h2-12,25H,13H2,1H3,(H,24,26). The number of methoxy groups -OCH3 is 1. The number of carbonyl (C=O) groups is 1. The van der Waals surface area contributed by atoms with Crippen LogP contribution in [0.2, 0.25) is 5.02 Å². The highest BCUT2D eigenvalue weighted by atomic mass is 35.5. The van der Waals surface area contributed by atoms with Crippen molar-refractivity contribution >= 4 is 38.9 Å². The van der Waals surface area contributed by atoms with Crippen molar-refractivity contribution in [1.29, 1.82) is 0 Å². The summed E-state index contributed by atoms with van der Waals surface area (Å²) in [6.07, 6.45) is 0. The van der Waals surface area contributed by atoms with Gasteiger partial charge in [-0.3, -0.25) is 9.52 Å². The molecule has 0 radical (unpaired) electrons. The number of para-hydroxylation sites is 1. The first-order valence-electron chi connectivity index (χ1n) is 8.92. The molecule has 7 nitrogen and oxygen atoms in total. The smallest absolute Gasteiger partial charge is 0.265 e. The molecule has 0 aliphatic rings. The minimum absolute atomic E-state index is 0.0668. The number of carbonyl (C=O) groups excluding carboxylic acids is 1. The van der Waals surface area contributed by atoms with Crippen LogP contribution in [0.4, 0.5) is 15.8 Å². The molecule has 3 aromatic rings. The Labute approximate surface area is 183 Å². The molecule has 31 heavy (non-hydrogen) atoms. The van der Waals surface area contributed by atoms with Gasteiger partial charge in [0.1, 0.15) is 10.6 Å². The topological polar surface area (TPSA) is 93.7 Å². The van der Waals surface area contributed by atoms with Crippen LogP contribution in [0.15, 0.2) is 71.6 Å². The highest BCUT2D eigenvalue weighted by molar-refractivity contribution is 7.92. The van der Waals surface area contributed by atoms with Gasteiger partial charge in [-0.25, -0.2) is 12.8 Å². The highest BCUT2D eigenvalue weighted by Crippen LogP contribution is 2.29. The van der Waals surface area contributed by atoms with Gasteiger partial charge in [-0.1, -0.05) is 23.7 Å². The number of hydrogen-bond acceptors (Lipinski definition) is 5. The average molecular weight is 465 g/mol. The molecule has 0 aliphatic carbocycles. The van der Waals surface area contributed by atoms with Gasteiger partial charge in [-0.05, 0) is 54.6 Å². The summed E-state index contributed by atoms with van der Waals surface area (Å²) in [6, 6.07) is 15.9. The van der Waals surface area contributed by atoms with Crippen LogP contribution in [0.1, 0.15) is 0 Å². The number of benzene rings is 3. The van der Waals surface area contributed by atoms with E-state index in [1.165, 1.54) is 55.6 Å². The number of anilines is 2. The van der Waals surface area contributed by atoms with Crippen LogP contribution in [0.5, 0.6) is 11.5 Å². The zero-order chi connectivity index (χ0) is 22.4. The molecular weight excluding hydrogens is 447 g/mol. The molecule has 0 aliphatic heterocycles. The molecule has 0 aromatic heterocycles. The van der Waals surface area contributed by atoms with E-state index >= 15 is 0 Å². The Morgan fingerprint density at radius 1 is 1.00 bits per heavy atom. The number of hydrogen-bond donors (Lipinski definition) is 2. The molecule has 162 valence electrons. The molecule has 0 unspecified atom stereocenters. The van der Waals surface area contributed by atoms with E-state index in [2.05, 4.69) is 10.0 Å². The maximum atomic E-state index is 13.6. The summed E-state index contributed by atoms with van der Waals surface area (Å²) in [6.45, 7) is -0.460. The number of rotatable bonds is 8. The third-order valence-electron chi connectivity index (χ3n) is 4.03. The van der Waals surface area contributed by atoms with E-state index in [-0.39, 0.29) is 22.1 Å². The normalized spacial score (nSPS) is 10.9. The molecule has 0 bridgehead atoms. The Bertz CT molecular complexity index is 1190. The van der Waals surface area contributed by atoms with Crippen molar-refractivity contribution in [2.45, 2.75) is 4.90 Å². The molecule has 3 rings (SSSR count). The zero-order valence-electron chi connectivity index (χ0n) is 16.3. The average Bonchev–Trinajstić information content (AvgIpc) is 2.74. The van der Waals surface area contributed by atoms with Crippen LogP contribution < -0.4 is 19.5 Å². The maximum Gasteiger partial charge on any atom is 0.265 e. The van der Waals surface area contributed by atoms with Crippen LogP contribution in [0, 0.1) is 5.82 Å². The molecule has 3 aromatic carbocycles. The van der Waals surface area contributed by atoms with E-state index in [0.717, 1.165) is 0 Å². The maximum absolute atomic E-state index is 13.6. The van der Waals surface area contributed by atoms with Gasteiger partial charge >= 0.3 is 0 Å². The molecule has 2 N–H and O–H groups in total. The Hall–Kier alpha value is -3.30. The molecule has 0 heterocycles. The van der Waals surface area contributed by atoms with Crippen molar-refractivity contribution in [2.75, 3.05) is 23.8 Å². The quantitative estimate of drug-likeness (QED) is 0.518. The first kappa shape index (κ1) is 22.4. The number of ether oxygens (including phenoxy) is 2. The minimum Gasteiger partial charge on any atom is -0.495 e. The number of halogens is 2. The second-order valence-electron chi connectivity index (χ2n) is 6.25. The first-order valence-corrected chi connectivity index (χ1v) is 10.8. The highest BCUT2D eigenvalue weighted by Gasteiger charge is 2.21. The van der Waals surface area contributed by atoms with Crippen molar-refractivity contribution in [2.24, 2.45) is 0 Å². The van der Waals surface area contributed by atoms with Gasteiger partial charge < -0.3 is 14.8 Å². The van der Waals surface area contributed by atoms with Gasteiger partial charge in [0.25, 0.3) is 15.9 Å². The van der Waals surface area contributed by atoms with Gasteiger partial charge in [-0.15, -0.1) is 0 Å². The van der Waals surface area contributed by atoms with E-state index in [1.807, 2.05) is 0 Å². The Balaban J connectivity index is 1.75. The summed E-state index contributed by atoms with van der Waals surface area (Å²) >= 11 is 5.82. The predicted octanol–water partition coefficient (Wildman–Crippen LogP) is 4.31. The Morgan fingerprint density at radius 3 is 2.35 bits per heavy atom. The van der Waals surface area contributed by atoms with Crippen molar-refractivity contribution in [3.8, 4) is 11.5 Å². The predicted molar refractivity (Wildman–Crippen MR) is 116 cm³/mol. The second-order valence-corrected chi connectivity index (χ2v) is 8.33. The molecule has 0 spiro atoms. The number of amides is 1. The van der Waals surface area contributed by atoms with Crippen molar-refractivity contribution in [3.63, 3.8) is 0 Å². The summed E-state index contributed by atoms with van der Waals surface area (Å²) in [7, 11) is -2.71. The summed E-state index contributed by atoms with van der Waals surface area (Å²) in [5.74, 6) is -1.17. The third kappa shape index (κ3) is 5.87. The van der Waals surface area contributed by atoms with Crippen LogP contribution in [-0.4, -0.2) is 28.0 Å². The lowest BCUT2D eigenvalue weighted by Gasteiger charge is -2.14. The van der Waals surface area contributed by atoms with Gasteiger partial charge in [-0.2, -0.15) is 0 Å². The van der Waals surface area contributed by atoms with E-state index in [9.17, 15) is 17.6 Å². The molecule has 0 fully saturated rings. The molecule has 10 heteroatoms. The molecule has 0 saturated carbocycles. The lowest BCUT2D eigenvalue weighted by molar-refractivity contribution is -0.118. The van der Waals surface area contributed by atoms with Gasteiger partial charge in [0.05, 0.1) is 7.11 Å². The van der Waals surface area contributed by atoms with Crippen LogP contribution >= 0.6 is 11.6 Å². The van der Waals surface area contributed by atoms with Crippen molar-refractivity contribution in [1.82, 2.24) is 0 Å². The van der Waals surface area contributed by atoms with Crippen molar-refractivity contribution in [3.05, 3.63) is 77.6 Å². The fourth-order valence-corrected chi connectivity index (χ4v) is 3.98. The first-order chi connectivity index (χ1) is 14.8. The fraction of sp³-hybridized carbons (Fsp3) is 0.0952. The summed E-state index contributed by atoms with van der Waals surface area (Å²) < 4.78 is 52.0. The molecular formula is C21H18ClFN2O5S. The van der Waals surface area contributed by atoms with Crippen LogP contribution in [0.3, 0.4) is 0 Å². The summed E-state index contributed by atoms with van der Waals surface area (Å²) in [4.78, 5) is 12.0.